The van der Waals surface area contributed by atoms with Crippen molar-refractivity contribution in [1.29, 1.82) is 0 Å². The highest BCUT2D eigenvalue weighted by Gasteiger charge is 2.21. The Morgan fingerprint density at radius 2 is 1.91 bits per heavy atom. The number of rotatable bonds is 4. The van der Waals surface area contributed by atoms with Crippen LogP contribution < -0.4 is 0 Å². The molecule has 0 spiro atoms. The van der Waals surface area contributed by atoms with Gasteiger partial charge in [0.1, 0.15) is 0 Å². The number of hydrogen-bond donors (Lipinski definition) is 1. The normalized spacial score (nSPS) is 15.8. The monoisotopic (exact) mass is 300 g/mol. The Balaban J connectivity index is 2.05. The third-order valence-electron chi connectivity index (χ3n) is 5.08. The number of benzene rings is 1. The molecule has 1 aliphatic rings. The van der Waals surface area contributed by atoms with Crippen molar-refractivity contribution in [1.82, 2.24) is 9.47 Å². The summed E-state index contributed by atoms with van der Waals surface area (Å²) in [7, 11) is 1.98. The molecule has 0 amide bonds. The van der Waals surface area contributed by atoms with Crippen LogP contribution in [0.3, 0.4) is 0 Å². The van der Waals surface area contributed by atoms with Gasteiger partial charge in [-0.1, -0.05) is 12.1 Å². The molecule has 0 saturated carbocycles. The van der Waals surface area contributed by atoms with Crippen molar-refractivity contribution in [2.45, 2.75) is 33.1 Å². The van der Waals surface area contributed by atoms with Crippen LogP contribution in [0.1, 0.15) is 40.0 Å². The molecular weight excluding hydrogens is 276 g/mol. The van der Waals surface area contributed by atoms with Gasteiger partial charge in [0, 0.05) is 24.7 Å². The summed E-state index contributed by atoms with van der Waals surface area (Å²) in [5.74, 6) is -0.838. The van der Waals surface area contributed by atoms with E-state index in [1.165, 1.54) is 37.2 Å². The Kier molecular flexibility index (Phi) is 3.96. The quantitative estimate of drug-likeness (QED) is 0.943. The van der Waals surface area contributed by atoms with Gasteiger partial charge in [-0.05, 0) is 57.3 Å². The fraction of sp³-hybridized carbons (Fsp3) is 0.500. The van der Waals surface area contributed by atoms with Gasteiger partial charge >= 0.3 is 5.97 Å². The van der Waals surface area contributed by atoms with Crippen LogP contribution in [0.25, 0.3) is 10.9 Å². The lowest BCUT2D eigenvalue weighted by molar-refractivity contribution is 0.0698. The van der Waals surface area contributed by atoms with Crippen molar-refractivity contribution in [3.05, 3.63) is 34.5 Å². The van der Waals surface area contributed by atoms with E-state index in [-0.39, 0.29) is 0 Å². The van der Waals surface area contributed by atoms with Crippen molar-refractivity contribution in [3.8, 4) is 0 Å². The fourth-order valence-corrected chi connectivity index (χ4v) is 3.71. The molecule has 0 bridgehead atoms. The highest BCUT2D eigenvalue weighted by Crippen LogP contribution is 2.30. The summed E-state index contributed by atoms with van der Waals surface area (Å²) in [6.07, 6.45) is 3.60. The molecule has 2 heterocycles. The van der Waals surface area contributed by atoms with E-state index in [4.69, 9.17) is 0 Å². The topological polar surface area (TPSA) is 45.5 Å². The highest BCUT2D eigenvalue weighted by molar-refractivity contribution is 6.05. The molecule has 1 aromatic heterocycles. The summed E-state index contributed by atoms with van der Waals surface area (Å²) in [5, 5.41) is 10.7. The summed E-state index contributed by atoms with van der Waals surface area (Å²) in [4.78, 5) is 14.2. The summed E-state index contributed by atoms with van der Waals surface area (Å²) >= 11 is 0. The minimum absolute atomic E-state index is 0.440. The predicted molar refractivity (Wildman–Crippen MR) is 88.7 cm³/mol. The number of fused-ring (bicyclic) bond motifs is 1. The molecule has 1 aromatic carbocycles. The van der Waals surface area contributed by atoms with Gasteiger partial charge in [-0.3, -0.25) is 0 Å². The largest absolute Gasteiger partial charge is 0.478 e. The molecule has 1 N–H and O–H groups in total. The summed E-state index contributed by atoms with van der Waals surface area (Å²) in [6.45, 7) is 7.43. The molecule has 0 aliphatic carbocycles. The molecular formula is C18H24N2O2. The lowest BCUT2D eigenvalue weighted by Crippen LogP contribution is -2.22. The van der Waals surface area contributed by atoms with Gasteiger partial charge in [-0.2, -0.15) is 0 Å². The third kappa shape index (κ3) is 2.41. The second-order valence-electron chi connectivity index (χ2n) is 6.38. The zero-order chi connectivity index (χ0) is 15.9. The maximum Gasteiger partial charge on any atom is 0.338 e. The van der Waals surface area contributed by atoms with Crippen molar-refractivity contribution < 1.29 is 9.90 Å². The second-order valence-corrected chi connectivity index (χ2v) is 6.38. The van der Waals surface area contributed by atoms with E-state index in [2.05, 4.69) is 17.9 Å². The second kappa shape index (κ2) is 5.76. The Morgan fingerprint density at radius 1 is 1.23 bits per heavy atom. The molecule has 118 valence electrons. The molecule has 3 rings (SSSR count). The van der Waals surface area contributed by atoms with Gasteiger partial charge in [0.15, 0.2) is 0 Å². The average molecular weight is 300 g/mol. The SMILES string of the molecule is Cc1ccc2c(CCN3CCCC3)c(C)n(C)c2c1C(=O)O. The van der Waals surface area contributed by atoms with Crippen molar-refractivity contribution >= 4 is 16.9 Å². The van der Waals surface area contributed by atoms with Crippen LogP contribution in [0.15, 0.2) is 12.1 Å². The number of carboxylic acid groups (broad SMARTS) is 1. The van der Waals surface area contributed by atoms with Crippen molar-refractivity contribution in [2.75, 3.05) is 19.6 Å². The first-order valence-electron chi connectivity index (χ1n) is 8.04. The molecule has 1 saturated heterocycles. The van der Waals surface area contributed by atoms with Gasteiger partial charge in [-0.25, -0.2) is 4.79 Å². The first kappa shape index (κ1) is 15.1. The van der Waals surface area contributed by atoms with Crippen molar-refractivity contribution in [2.24, 2.45) is 7.05 Å². The number of carboxylic acids is 1. The summed E-state index contributed by atoms with van der Waals surface area (Å²) in [6, 6.07) is 4.02. The minimum Gasteiger partial charge on any atom is -0.478 e. The third-order valence-corrected chi connectivity index (χ3v) is 5.08. The predicted octanol–water partition coefficient (Wildman–Crippen LogP) is 3.13. The molecule has 0 unspecified atom stereocenters. The Bertz CT molecular complexity index is 724. The smallest absolute Gasteiger partial charge is 0.338 e. The summed E-state index contributed by atoms with van der Waals surface area (Å²) < 4.78 is 2.05. The number of nitrogens with zero attached hydrogens (tertiary/aromatic N) is 2. The van der Waals surface area contributed by atoms with E-state index in [1.807, 2.05) is 24.6 Å². The lowest BCUT2D eigenvalue weighted by atomic mass is 10.0. The van der Waals surface area contributed by atoms with E-state index in [0.717, 1.165) is 29.4 Å². The van der Waals surface area contributed by atoms with Gasteiger partial charge in [0.05, 0.1) is 11.1 Å². The number of likely N-dealkylation sites (tertiary alicyclic amines) is 1. The average Bonchev–Trinajstić information content (AvgIpc) is 3.06. The molecule has 0 atom stereocenters. The number of aromatic carboxylic acids is 1. The number of aryl methyl sites for hydroxylation is 2. The van der Waals surface area contributed by atoms with Gasteiger partial charge in [0.2, 0.25) is 0 Å². The number of hydrogen-bond acceptors (Lipinski definition) is 2. The highest BCUT2D eigenvalue weighted by atomic mass is 16.4. The maximum absolute atomic E-state index is 11.7. The Hall–Kier alpha value is -1.81. The van der Waals surface area contributed by atoms with Gasteiger partial charge in [-0.15, -0.1) is 0 Å². The molecule has 4 nitrogen and oxygen atoms in total. The van der Waals surface area contributed by atoms with Crippen LogP contribution in [0.4, 0.5) is 0 Å². The molecule has 1 aliphatic heterocycles. The first-order chi connectivity index (χ1) is 10.5. The van der Waals surface area contributed by atoms with E-state index < -0.39 is 5.97 Å². The van der Waals surface area contributed by atoms with Crippen LogP contribution in [0.5, 0.6) is 0 Å². The molecule has 22 heavy (non-hydrogen) atoms. The maximum atomic E-state index is 11.7. The van der Waals surface area contributed by atoms with E-state index in [0.29, 0.717) is 5.56 Å². The van der Waals surface area contributed by atoms with E-state index in [9.17, 15) is 9.90 Å². The Labute approximate surface area is 131 Å². The van der Waals surface area contributed by atoms with Crippen LogP contribution in [-0.2, 0) is 13.5 Å². The molecule has 2 aromatic rings. The lowest BCUT2D eigenvalue weighted by Gasteiger charge is -2.14. The van der Waals surface area contributed by atoms with Crippen LogP contribution >= 0.6 is 0 Å². The zero-order valence-electron chi connectivity index (χ0n) is 13.6. The minimum atomic E-state index is -0.838. The van der Waals surface area contributed by atoms with Gasteiger partial charge in [0.25, 0.3) is 0 Å². The summed E-state index contributed by atoms with van der Waals surface area (Å²) in [5.41, 5.74) is 4.61. The van der Waals surface area contributed by atoms with Crippen molar-refractivity contribution in [3.63, 3.8) is 0 Å². The van der Waals surface area contributed by atoms with E-state index in [1.54, 1.807) is 0 Å². The molecule has 0 radical (unpaired) electrons. The van der Waals surface area contributed by atoms with Crippen LogP contribution in [-0.4, -0.2) is 40.2 Å². The zero-order valence-corrected chi connectivity index (χ0v) is 13.6. The first-order valence-corrected chi connectivity index (χ1v) is 8.04. The molecule has 1 fully saturated rings. The van der Waals surface area contributed by atoms with Gasteiger partial charge < -0.3 is 14.6 Å². The standard InChI is InChI=1S/C18H24N2O2/c1-12-6-7-15-14(8-11-20-9-4-5-10-20)13(2)19(3)17(15)16(12)18(21)22/h6-7H,4-5,8-11H2,1-3H3,(H,21,22). The molecule has 4 heteroatoms. The number of aromatic nitrogens is 1. The number of carbonyl (C=O) groups is 1. The van der Waals surface area contributed by atoms with Crippen LogP contribution in [0, 0.1) is 13.8 Å². The fourth-order valence-electron chi connectivity index (χ4n) is 3.71. The van der Waals surface area contributed by atoms with E-state index >= 15 is 0 Å². The van der Waals surface area contributed by atoms with Crippen LogP contribution in [0.2, 0.25) is 0 Å². The Morgan fingerprint density at radius 3 is 2.55 bits per heavy atom.